The van der Waals surface area contributed by atoms with Gasteiger partial charge in [0.25, 0.3) is 0 Å². The first kappa shape index (κ1) is 12.7. The standard InChI is InChI=1S/C16H20O3/c17-15(19-12-14-8-4-5-11-18-14)16(9-10-16)13-6-2-1-3-7-13/h1-3,6-7,14H,4-5,8-12H2. The molecule has 2 aliphatic rings. The molecule has 1 saturated heterocycles. The molecule has 0 N–H and O–H groups in total. The lowest BCUT2D eigenvalue weighted by Crippen LogP contribution is -2.30. The van der Waals surface area contributed by atoms with Gasteiger partial charge in [-0.15, -0.1) is 0 Å². The number of hydrogen-bond donors (Lipinski definition) is 0. The van der Waals surface area contributed by atoms with E-state index in [1.807, 2.05) is 30.3 Å². The minimum Gasteiger partial charge on any atom is -0.462 e. The predicted octanol–water partition coefficient (Wildman–Crippen LogP) is 2.83. The Kier molecular flexibility index (Phi) is 3.56. The Hall–Kier alpha value is -1.35. The van der Waals surface area contributed by atoms with Crippen LogP contribution in [0.3, 0.4) is 0 Å². The topological polar surface area (TPSA) is 35.5 Å². The molecule has 3 heteroatoms. The Bertz CT molecular complexity index is 431. The summed E-state index contributed by atoms with van der Waals surface area (Å²) in [5.41, 5.74) is 0.722. The van der Waals surface area contributed by atoms with Crippen molar-refractivity contribution in [2.45, 2.75) is 43.6 Å². The third kappa shape index (κ3) is 2.66. The van der Waals surface area contributed by atoms with Crippen molar-refractivity contribution in [3.05, 3.63) is 35.9 Å². The lowest BCUT2D eigenvalue weighted by Gasteiger charge is -2.23. The molecule has 0 radical (unpaired) electrons. The number of rotatable bonds is 4. The van der Waals surface area contributed by atoms with Crippen LogP contribution in [0.4, 0.5) is 0 Å². The summed E-state index contributed by atoms with van der Waals surface area (Å²) in [6.07, 6.45) is 5.21. The van der Waals surface area contributed by atoms with Crippen molar-refractivity contribution in [2.75, 3.05) is 13.2 Å². The highest BCUT2D eigenvalue weighted by molar-refractivity contribution is 5.86. The molecule has 1 unspecified atom stereocenters. The fraction of sp³-hybridized carbons (Fsp3) is 0.562. The van der Waals surface area contributed by atoms with Crippen molar-refractivity contribution in [3.63, 3.8) is 0 Å². The van der Waals surface area contributed by atoms with Crippen LogP contribution >= 0.6 is 0 Å². The molecule has 1 atom stereocenters. The van der Waals surface area contributed by atoms with Gasteiger partial charge in [-0.2, -0.15) is 0 Å². The van der Waals surface area contributed by atoms with Gasteiger partial charge in [-0.1, -0.05) is 30.3 Å². The van der Waals surface area contributed by atoms with Gasteiger partial charge in [0.15, 0.2) is 0 Å². The molecule has 3 rings (SSSR count). The summed E-state index contributed by atoms with van der Waals surface area (Å²) in [6.45, 7) is 1.21. The van der Waals surface area contributed by atoms with E-state index in [1.165, 1.54) is 6.42 Å². The third-order valence-electron chi connectivity index (χ3n) is 4.14. The summed E-state index contributed by atoms with van der Waals surface area (Å²) in [5, 5.41) is 0. The lowest BCUT2D eigenvalue weighted by atomic mass is 9.96. The van der Waals surface area contributed by atoms with Gasteiger partial charge in [0.05, 0.1) is 11.5 Å². The monoisotopic (exact) mass is 260 g/mol. The molecule has 0 spiro atoms. The van der Waals surface area contributed by atoms with Crippen LogP contribution in [0.15, 0.2) is 30.3 Å². The normalized spacial score (nSPS) is 24.7. The number of carbonyl (C=O) groups is 1. The Morgan fingerprint density at radius 1 is 1.26 bits per heavy atom. The van der Waals surface area contributed by atoms with E-state index in [9.17, 15) is 4.79 Å². The molecule has 2 fully saturated rings. The van der Waals surface area contributed by atoms with E-state index in [1.54, 1.807) is 0 Å². The molecule has 1 aromatic rings. The second-order valence-electron chi connectivity index (χ2n) is 5.54. The van der Waals surface area contributed by atoms with Crippen molar-refractivity contribution in [2.24, 2.45) is 0 Å². The SMILES string of the molecule is O=C(OCC1CCCCO1)C1(c2ccccc2)CC1. The van der Waals surface area contributed by atoms with E-state index < -0.39 is 0 Å². The minimum absolute atomic E-state index is 0.0760. The van der Waals surface area contributed by atoms with Crippen LogP contribution in [0, 0.1) is 0 Å². The van der Waals surface area contributed by atoms with Gasteiger partial charge < -0.3 is 9.47 Å². The van der Waals surface area contributed by atoms with Crippen LogP contribution in [-0.4, -0.2) is 25.3 Å². The Morgan fingerprint density at radius 3 is 2.68 bits per heavy atom. The summed E-state index contributed by atoms with van der Waals surface area (Å²) in [4.78, 5) is 12.3. The molecular weight excluding hydrogens is 240 g/mol. The van der Waals surface area contributed by atoms with E-state index in [-0.39, 0.29) is 17.5 Å². The van der Waals surface area contributed by atoms with Gasteiger partial charge in [0.1, 0.15) is 6.61 Å². The van der Waals surface area contributed by atoms with Gasteiger partial charge in [0, 0.05) is 6.61 Å². The Morgan fingerprint density at radius 2 is 2.05 bits per heavy atom. The minimum atomic E-state index is -0.365. The summed E-state index contributed by atoms with van der Waals surface area (Å²) < 4.78 is 11.1. The number of benzene rings is 1. The summed E-state index contributed by atoms with van der Waals surface area (Å²) >= 11 is 0. The van der Waals surface area contributed by atoms with Crippen LogP contribution in [0.25, 0.3) is 0 Å². The molecule has 1 saturated carbocycles. The molecule has 0 aromatic heterocycles. The van der Waals surface area contributed by atoms with Gasteiger partial charge >= 0.3 is 5.97 Å². The fourth-order valence-electron chi connectivity index (χ4n) is 2.74. The molecule has 1 aromatic carbocycles. The molecule has 19 heavy (non-hydrogen) atoms. The average molecular weight is 260 g/mol. The molecule has 0 bridgehead atoms. The predicted molar refractivity (Wildman–Crippen MR) is 71.9 cm³/mol. The molecule has 3 nitrogen and oxygen atoms in total. The van der Waals surface area contributed by atoms with Gasteiger partial charge in [-0.3, -0.25) is 4.79 Å². The highest BCUT2D eigenvalue weighted by atomic mass is 16.6. The highest BCUT2D eigenvalue weighted by Gasteiger charge is 2.52. The Labute approximate surface area is 113 Å². The first-order valence-electron chi connectivity index (χ1n) is 7.16. The van der Waals surface area contributed by atoms with Crippen LogP contribution in [0.5, 0.6) is 0 Å². The zero-order valence-corrected chi connectivity index (χ0v) is 11.1. The van der Waals surface area contributed by atoms with Crippen molar-refractivity contribution in [1.29, 1.82) is 0 Å². The van der Waals surface area contributed by atoms with Crippen molar-refractivity contribution >= 4 is 5.97 Å². The van der Waals surface area contributed by atoms with Crippen LogP contribution in [0.2, 0.25) is 0 Å². The quantitative estimate of drug-likeness (QED) is 0.781. The number of hydrogen-bond acceptors (Lipinski definition) is 3. The second-order valence-corrected chi connectivity index (χ2v) is 5.54. The first-order chi connectivity index (χ1) is 9.31. The van der Waals surface area contributed by atoms with Crippen LogP contribution in [0.1, 0.15) is 37.7 Å². The zero-order chi connectivity index (χ0) is 13.1. The van der Waals surface area contributed by atoms with E-state index in [4.69, 9.17) is 9.47 Å². The lowest BCUT2D eigenvalue weighted by molar-refractivity contribution is -0.152. The molecule has 1 aliphatic carbocycles. The second kappa shape index (κ2) is 5.33. The van der Waals surface area contributed by atoms with Gasteiger partial charge in [-0.05, 0) is 37.7 Å². The zero-order valence-electron chi connectivity index (χ0n) is 11.1. The third-order valence-corrected chi connectivity index (χ3v) is 4.14. The van der Waals surface area contributed by atoms with Crippen LogP contribution in [-0.2, 0) is 19.7 Å². The maximum Gasteiger partial charge on any atom is 0.316 e. The maximum atomic E-state index is 12.3. The fourth-order valence-corrected chi connectivity index (χ4v) is 2.74. The van der Waals surface area contributed by atoms with E-state index >= 15 is 0 Å². The van der Waals surface area contributed by atoms with Gasteiger partial charge in [-0.25, -0.2) is 0 Å². The molecular formula is C16H20O3. The summed E-state index contributed by atoms with van der Waals surface area (Å²) in [7, 11) is 0. The van der Waals surface area contributed by atoms with Crippen LogP contribution < -0.4 is 0 Å². The number of carbonyl (C=O) groups excluding carboxylic acids is 1. The summed E-state index contributed by atoms with van der Waals surface area (Å²) in [6, 6.07) is 9.97. The van der Waals surface area contributed by atoms with E-state index in [0.29, 0.717) is 6.61 Å². The highest BCUT2D eigenvalue weighted by Crippen LogP contribution is 2.49. The number of ether oxygens (including phenoxy) is 2. The average Bonchev–Trinajstić information content (AvgIpc) is 3.28. The van der Waals surface area contributed by atoms with Crippen molar-refractivity contribution in [1.82, 2.24) is 0 Å². The number of esters is 1. The van der Waals surface area contributed by atoms with E-state index in [2.05, 4.69) is 0 Å². The van der Waals surface area contributed by atoms with E-state index in [0.717, 1.165) is 37.9 Å². The first-order valence-corrected chi connectivity index (χ1v) is 7.16. The smallest absolute Gasteiger partial charge is 0.316 e. The summed E-state index contributed by atoms with van der Waals surface area (Å²) in [5.74, 6) is -0.0760. The molecule has 0 amide bonds. The molecule has 1 heterocycles. The molecule has 102 valence electrons. The van der Waals surface area contributed by atoms with Gasteiger partial charge in [0.2, 0.25) is 0 Å². The Balaban J connectivity index is 1.58. The molecule has 1 aliphatic heterocycles. The van der Waals surface area contributed by atoms with Crippen molar-refractivity contribution in [3.8, 4) is 0 Å². The van der Waals surface area contributed by atoms with Crippen molar-refractivity contribution < 1.29 is 14.3 Å². The maximum absolute atomic E-state index is 12.3. The largest absolute Gasteiger partial charge is 0.462 e.